The topological polar surface area (TPSA) is 38.7 Å². The lowest BCUT2D eigenvalue weighted by atomic mass is 9.86. The molecule has 20 heavy (non-hydrogen) atoms. The van der Waals surface area contributed by atoms with Gasteiger partial charge in [-0.15, -0.1) is 0 Å². The van der Waals surface area contributed by atoms with Crippen LogP contribution in [0.15, 0.2) is 18.2 Å². The van der Waals surface area contributed by atoms with E-state index in [1.54, 1.807) is 14.2 Å². The van der Waals surface area contributed by atoms with Crippen LogP contribution in [0.4, 0.5) is 0 Å². The first kappa shape index (κ1) is 16.8. The van der Waals surface area contributed by atoms with Crippen molar-refractivity contribution in [3.63, 3.8) is 0 Å². The normalized spacial score (nSPS) is 15.5. The zero-order chi connectivity index (χ0) is 15.2. The molecule has 0 radical (unpaired) electrons. The highest BCUT2D eigenvalue weighted by Gasteiger charge is 2.24. The summed E-state index contributed by atoms with van der Waals surface area (Å²) in [4.78, 5) is 0. The summed E-state index contributed by atoms with van der Waals surface area (Å²) < 4.78 is 10.5. The lowest BCUT2D eigenvalue weighted by molar-refractivity contribution is 0.0351. The highest BCUT2D eigenvalue weighted by atomic mass is 16.5. The molecule has 0 amide bonds. The Bertz CT molecular complexity index is 413. The molecule has 1 aromatic carbocycles. The van der Waals surface area contributed by atoms with Crippen LogP contribution in [0.5, 0.6) is 11.5 Å². The molecule has 114 valence electrons. The zero-order valence-electron chi connectivity index (χ0n) is 13.4. The monoisotopic (exact) mass is 280 g/mol. The maximum absolute atomic E-state index is 10.6. The number of aliphatic hydroxyl groups is 1. The minimum absolute atomic E-state index is 0.537. The molecule has 0 saturated heterocycles. The molecule has 0 aliphatic rings. The second kappa shape index (κ2) is 7.53. The van der Waals surface area contributed by atoms with Crippen LogP contribution < -0.4 is 9.47 Å². The molecule has 0 aromatic heterocycles. The van der Waals surface area contributed by atoms with Gasteiger partial charge in [-0.25, -0.2) is 0 Å². The average Bonchev–Trinajstić information content (AvgIpc) is 2.37. The summed E-state index contributed by atoms with van der Waals surface area (Å²) in [6, 6.07) is 5.82. The van der Waals surface area contributed by atoms with Gasteiger partial charge in [0.05, 0.1) is 19.8 Å². The molecule has 3 nitrogen and oxygen atoms in total. The molecule has 1 N–H and O–H groups in total. The van der Waals surface area contributed by atoms with Crippen LogP contribution in [0.1, 0.15) is 45.6 Å². The van der Waals surface area contributed by atoms with Gasteiger partial charge in [-0.3, -0.25) is 0 Å². The predicted octanol–water partition coefficient (Wildman–Crippen LogP) is 3.82. The Kier molecular flexibility index (Phi) is 6.34. The van der Waals surface area contributed by atoms with Crippen LogP contribution in [0.25, 0.3) is 0 Å². The molecule has 0 aliphatic heterocycles. The molecule has 0 aliphatic carbocycles. The Morgan fingerprint density at radius 3 is 2.40 bits per heavy atom. The minimum Gasteiger partial charge on any atom is -0.493 e. The van der Waals surface area contributed by atoms with Gasteiger partial charge in [0.25, 0.3) is 0 Å². The van der Waals surface area contributed by atoms with Gasteiger partial charge in [-0.2, -0.15) is 0 Å². The summed E-state index contributed by atoms with van der Waals surface area (Å²) in [6.45, 7) is 6.29. The summed E-state index contributed by atoms with van der Waals surface area (Å²) in [5, 5.41) is 10.6. The predicted molar refractivity (Wildman–Crippen MR) is 82.6 cm³/mol. The highest BCUT2D eigenvalue weighted by Crippen LogP contribution is 2.30. The van der Waals surface area contributed by atoms with Crippen LogP contribution in [0, 0.1) is 5.92 Å². The highest BCUT2D eigenvalue weighted by molar-refractivity contribution is 5.43. The number of hydrogen-bond acceptors (Lipinski definition) is 3. The third-order valence-corrected chi connectivity index (χ3v) is 3.60. The fourth-order valence-corrected chi connectivity index (χ4v) is 2.85. The molecule has 2 unspecified atom stereocenters. The maximum atomic E-state index is 10.6. The third-order valence-electron chi connectivity index (χ3n) is 3.60. The molecule has 0 fully saturated rings. The van der Waals surface area contributed by atoms with Crippen molar-refractivity contribution in [2.45, 2.75) is 52.1 Å². The van der Waals surface area contributed by atoms with E-state index in [2.05, 4.69) is 13.8 Å². The lowest BCUT2D eigenvalue weighted by Crippen LogP contribution is -2.29. The molecule has 0 spiro atoms. The van der Waals surface area contributed by atoms with E-state index < -0.39 is 5.60 Å². The van der Waals surface area contributed by atoms with Gasteiger partial charge in [-0.1, -0.05) is 32.8 Å². The number of rotatable bonds is 8. The van der Waals surface area contributed by atoms with E-state index in [1.165, 1.54) is 0 Å². The second-order valence-electron chi connectivity index (χ2n) is 5.96. The van der Waals surface area contributed by atoms with Gasteiger partial charge in [0, 0.05) is 6.42 Å². The van der Waals surface area contributed by atoms with E-state index in [0.717, 1.165) is 30.6 Å². The first-order valence-electron chi connectivity index (χ1n) is 7.35. The lowest BCUT2D eigenvalue weighted by Gasteiger charge is -2.27. The van der Waals surface area contributed by atoms with Gasteiger partial charge >= 0.3 is 0 Å². The number of ether oxygens (including phenoxy) is 2. The molecular weight excluding hydrogens is 252 g/mol. The Balaban J connectivity index is 2.76. The van der Waals surface area contributed by atoms with Crippen LogP contribution in [0.2, 0.25) is 0 Å². The summed E-state index contributed by atoms with van der Waals surface area (Å²) in [6.07, 6.45) is 3.76. The van der Waals surface area contributed by atoms with Gasteiger partial charge in [0.15, 0.2) is 11.5 Å². The summed E-state index contributed by atoms with van der Waals surface area (Å²) >= 11 is 0. The Hall–Kier alpha value is -1.22. The number of hydrogen-bond donors (Lipinski definition) is 1. The number of benzene rings is 1. The first-order valence-corrected chi connectivity index (χ1v) is 7.35. The van der Waals surface area contributed by atoms with Crippen LogP contribution >= 0.6 is 0 Å². The van der Waals surface area contributed by atoms with E-state index in [1.807, 2.05) is 25.1 Å². The summed E-state index contributed by atoms with van der Waals surface area (Å²) in [5.41, 5.74) is 0.380. The van der Waals surface area contributed by atoms with Crippen molar-refractivity contribution in [2.24, 2.45) is 5.92 Å². The molecule has 1 rings (SSSR count). The van der Waals surface area contributed by atoms with Crippen LogP contribution in [-0.2, 0) is 6.42 Å². The van der Waals surface area contributed by atoms with E-state index in [0.29, 0.717) is 18.1 Å². The standard InChI is InChI=1S/C17H28O3/c1-6-7-13(2)11-17(3,18)12-14-8-9-15(19-4)16(10-14)20-5/h8-10,13,18H,6-7,11-12H2,1-5H3. The van der Waals surface area contributed by atoms with Gasteiger partial charge in [-0.05, 0) is 37.0 Å². The minimum atomic E-state index is -0.686. The smallest absolute Gasteiger partial charge is 0.160 e. The van der Waals surface area contributed by atoms with E-state index in [9.17, 15) is 5.11 Å². The zero-order valence-corrected chi connectivity index (χ0v) is 13.4. The molecule has 1 aromatic rings. The molecule has 0 heterocycles. The SMILES string of the molecule is CCCC(C)CC(C)(O)Cc1ccc(OC)c(OC)c1. The Morgan fingerprint density at radius 2 is 1.85 bits per heavy atom. The van der Waals surface area contributed by atoms with Gasteiger partial charge in [0.1, 0.15) is 0 Å². The Labute approximate surface area is 122 Å². The van der Waals surface area contributed by atoms with E-state index in [-0.39, 0.29) is 0 Å². The van der Waals surface area contributed by atoms with Crippen molar-refractivity contribution in [3.05, 3.63) is 23.8 Å². The maximum Gasteiger partial charge on any atom is 0.160 e. The Morgan fingerprint density at radius 1 is 1.20 bits per heavy atom. The van der Waals surface area contributed by atoms with Crippen molar-refractivity contribution in [1.82, 2.24) is 0 Å². The van der Waals surface area contributed by atoms with Gasteiger partial charge < -0.3 is 14.6 Å². The molecular formula is C17H28O3. The van der Waals surface area contributed by atoms with E-state index in [4.69, 9.17) is 9.47 Å². The quantitative estimate of drug-likeness (QED) is 0.786. The van der Waals surface area contributed by atoms with Crippen LogP contribution in [0.3, 0.4) is 0 Å². The largest absolute Gasteiger partial charge is 0.493 e. The summed E-state index contributed by atoms with van der Waals surface area (Å²) in [5.74, 6) is 1.97. The molecule has 3 heteroatoms. The second-order valence-corrected chi connectivity index (χ2v) is 5.96. The van der Waals surface area contributed by atoms with Crippen molar-refractivity contribution in [3.8, 4) is 11.5 Å². The van der Waals surface area contributed by atoms with Crippen LogP contribution in [-0.4, -0.2) is 24.9 Å². The van der Waals surface area contributed by atoms with Crippen molar-refractivity contribution < 1.29 is 14.6 Å². The van der Waals surface area contributed by atoms with E-state index >= 15 is 0 Å². The third kappa shape index (κ3) is 5.04. The number of methoxy groups -OCH3 is 2. The summed E-state index contributed by atoms with van der Waals surface area (Å²) in [7, 11) is 3.25. The fourth-order valence-electron chi connectivity index (χ4n) is 2.85. The van der Waals surface area contributed by atoms with Crippen molar-refractivity contribution in [2.75, 3.05) is 14.2 Å². The van der Waals surface area contributed by atoms with Gasteiger partial charge in [0.2, 0.25) is 0 Å². The fraction of sp³-hybridized carbons (Fsp3) is 0.647. The van der Waals surface area contributed by atoms with Crippen molar-refractivity contribution in [1.29, 1.82) is 0 Å². The molecule has 0 bridgehead atoms. The molecule has 2 atom stereocenters. The molecule has 0 saturated carbocycles. The first-order chi connectivity index (χ1) is 9.41. The van der Waals surface area contributed by atoms with Crippen molar-refractivity contribution >= 4 is 0 Å². The average molecular weight is 280 g/mol.